The fraction of sp³-hybridized carbons (Fsp3) is 0.455. The van der Waals surface area contributed by atoms with Gasteiger partial charge in [0.05, 0.1) is 17.6 Å². The van der Waals surface area contributed by atoms with Crippen molar-refractivity contribution < 1.29 is 13.2 Å². The second-order valence-electron chi connectivity index (χ2n) is 4.03. The molecule has 1 aromatic rings. The molecule has 1 unspecified atom stereocenters. The van der Waals surface area contributed by atoms with E-state index in [1.165, 1.54) is 6.26 Å². The van der Waals surface area contributed by atoms with E-state index < -0.39 is 9.84 Å². The summed E-state index contributed by atoms with van der Waals surface area (Å²) in [5.74, 6) is 0. The second-order valence-corrected chi connectivity index (χ2v) is 6.86. The van der Waals surface area contributed by atoms with Gasteiger partial charge in [-0.15, -0.1) is 0 Å². The van der Waals surface area contributed by atoms with Crippen LogP contribution >= 0.6 is 15.9 Å². The molecule has 1 aliphatic rings. The van der Waals surface area contributed by atoms with Gasteiger partial charge in [-0.25, -0.2) is 8.42 Å². The van der Waals surface area contributed by atoms with Gasteiger partial charge in [-0.2, -0.15) is 0 Å². The number of hydrogen-bond donors (Lipinski definition) is 1. The van der Waals surface area contributed by atoms with E-state index in [1.807, 2.05) is 6.07 Å². The Hall–Kier alpha value is -0.430. The molecule has 17 heavy (non-hydrogen) atoms. The van der Waals surface area contributed by atoms with Crippen molar-refractivity contribution in [3.63, 3.8) is 0 Å². The Labute approximate surface area is 109 Å². The summed E-state index contributed by atoms with van der Waals surface area (Å²) in [4.78, 5) is 0.310. The number of rotatable bonds is 2. The summed E-state index contributed by atoms with van der Waals surface area (Å²) in [6.07, 6.45) is 1.19. The van der Waals surface area contributed by atoms with Gasteiger partial charge in [0.15, 0.2) is 9.84 Å². The minimum atomic E-state index is -3.18. The van der Waals surface area contributed by atoms with Gasteiger partial charge in [0.2, 0.25) is 0 Å². The molecule has 0 aliphatic carbocycles. The third-order valence-electron chi connectivity index (χ3n) is 2.65. The lowest BCUT2D eigenvalue weighted by Gasteiger charge is -2.24. The van der Waals surface area contributed by atoms with Gasteiger partial charge in [0, 0.05) is 23.8 Å². The van der Waals surface area contributed by atoms with Crippen LogP contribution in [0.2, 0.25) is 0 Å². The predicted molar refractivity (Wildman–Crippen MR) is 68.8 cm³/mol. The first-order valence-electron chi connectivity index (χ1n) is 5.30. The van der Waals surface area contributed by atoms with E-state index in [1.54, 1.807) is 12.1 Å². The summed E-state index contributed by atoms with van der Waals surface area (Å²) >= 11 is 3.29. The molecule has 1 heterocycles. The van der Waals surface area contributed by atoms with Crippen LogP contribution in [0.25, 0.3) is 0 Å². The van der Waals surface area contributed by atoms with Crippen LogP contribution in [0.4, 0.5) is 0 Å². The Morgan fingerprint density at radius 3 is 2.76 bits per heavy atom. The summed E-state index contributed by atoms with van der Waals surface area (Å²) < 4.78 is 29.1. The van der Waals surface area contributed by atoms with Crippen molar-refractivity contribution in [2.75, 3.05) is 26.0 Å². The van der Waals surface area contributed by atoms with Crippen molar-refractivity contribution in [2.45, 2.75) is 11.0 Å². The lowest BCUT2D eigenvalue weighted by Crippen LogP contribution is -2.33. The lowest BCUT2D eigenvalue weighted by molar-refractivity contribution is 0.0276. The summed E-state index contributed by atoms with van der Waals surface area (Å²) in [5, 5.41) is 3.24. The molecule has 0 amide bonds. The van der Waals surface area contributed by atoms with Crippen LogP contribution in [0, 0.1) is 0 Å². The maximum Gasteiger partial charge on any atom is 0.176 e. The SMILES string of the molecule is CS(=O)(=O)c1ccc(C2CNCCO2)cc1Br. The van der Waals surface area contributed by atoms with Gasteiger partial charge in [-0.3, -0.25) is 0 Å². The minimum Gasteiger partial charge on any atom is -0.371 e. The molecule has 1 aromatic carbocycles. The zero-order valence-corrected chi connectivity index (χ0v) is 11.8. The molecule has 1 fully saturated rings. The smallest absolute Gasteiger partial charge is 0.176 e. The van der Waals surface area contributed by atoms with Gasteiger partial charge < -0.3 is 10.1 Å². The van der Waals surface area contributed by atoms with Crippen LogP contribution in [0.3, 0.4) is 0 Å². The lowest BCUT2D eigenvalue weighted by atomic mass is 10.1. The molecule has 0 radical (unpaired) electrons. The Bertz CT molecular complexity index is 509. The molecule has 2 rings (SSSR count). The van der Waals surface area contributed by atoms with E-state index in [4.69, 9.17) is 4.74 Å². The molecule has 1 saturated heterocycles. The largest absolute Gasteiger partial charge is 0.371 e. The number of nitrogens with one attached hydrogen (secondary N) is 1. The summed E-state index contributed by atoms with van der Waals surface area (Å²) in [5.41, 5.74) is 0.983. The summed E-state index contributed by atoms with van der Waals surface area (Å²) in [6, 6.07) is 5.24. The Morgan fingerprint density at radius 2 is 2.24 bits per heavy atom. The van der Waals surface area contributed by atoms with E-state index in [2.05, 4.69) is 21.2 Å². The molecular formula is C11H14BrNO3S. The zero-order chi connectivity index (χ0) is 12.5. The molecule has 0 bridgehead atoms. The first kappa shape index (κ1) is 13.0. The quantitative estimate of drug-likeness (QED) is 0.897. The first-order chi connectivity index (χ1) is 7.98. The second kappa shape index (κ2) is 5.06. The average molecular weight is 320 g/mol. The molecule has 0 spiro atoms. The number of benzene rings is 1. The predicted octanol–water partition coefficient (Wildman–Crippen LogP) is 1.51. The fourth-order valence-electron chi connectivity index (χ4n) is 1.80. The standard InChI is InChI=1S/C11H14BrNO3S/c1-17(14,15)11-3-2-8(6-9(11)12)10-7-13-4-5-16-10/h2-3,6,10,13H,4-5,7H2,1H3. The van der Waals surface area contributed by atoms with Gasteiger partial charge in [-0.1, -0.05) is 6.07 Å². The van der Waals surface area contributed by atoms with Crippen molar-refractivity contribution in [1.82, 2.24) is 5.32 Å². The van der Waals surface area contributed by atoms with Gasteiger partial charge >= 0.3 is 0 Å². The van der Waals surface area contributed by atoms with E-state index >= 15 is 0 Å². The van der Waals surface area contributed by atoms with Crippen molar-refractivity contribution in [1.29, 1.82) is 0 Å². The molecule has 1 atom stereocenters. The molecule has 1 N–H and O–H groups in total. The molecular weight excluding hydrogens is 306 g/mol. The Kier molecular flexibility index (Phi) is 3.87. The molecule has 0 saturated carbocycles. The van der Waals surface area contributed by atoms with Gasteiger partial charge in [0.1, 0.15) is 0 Å². The van der Waals surface area contributed by atoms with E-state index in [9.17, 15) is 8.42 Å². The number of halogens is 1. The maximum atomic E-state index is 11.5. The topological polar surface area (TPSA) is 55.4 Å². The highest BCUT2D eigenvalue weighted by molar-refractivity contribution is 9.10. The van der Waals surface area contributed by atoms with Crippen molar-refractivity contribution in [3.05, 3.63) is 28.2 Å². The third-order valence-corrected chi connectivity index (χ3v) is 4.73. The van der Waals surface area contributed by atoms with E-state index in [0.717, 1.165) is 18.7 Å². The normalized spacial score (nSPS) is 21.4. The highest BCUT2D eigenvalue weighted by atomic mass is 79.9. The fourth-order valence-corrected chi connectivity index (χ4v) is 3.80. The molecule has 0 aromatic heterocycles. The summed E-state index contributed by atoms with van der Waals surface area (Å²) in [7, 11) is -3.18. The van der Waals surface area contributed by atoms with Gasteiger partial charge in [0.25, 0.3) is 0 Å². The highest BCUT2D eigenvalue weighted by Crippen LogP contribution is 2.27. The van der Waals surface area contributed by atoms with E-state index in [-0.39, 0.29) is 6.10 Å². The van der Waals surface area contributed by atoms with Crippen LogP contribution in [0.5, 0.6) is 0 Å². The van der Waals surface area contributed by atoms with E-state index in [0.29, 0.717) is 16.0 Å². The van der Waals surface area contributed by atoms with Crippen molar-refractivity contribution in [3.8, 4) is 0 Å². The minimum absolute atomic E-state index is 0.00587. The van der Waals surface area contributed by atoms with Crippen molar-refractivity contribution >= 4 is 25.8 Å². The van der Waals surface area contributed by atoms with Crippen LogP contribution in [-0.4, -0.2) is 34.4 Å². The summed E-state index contributed by atoms with van der Waals surface area (Å²) in [6.45, 7) is 2.29. The third kappa shape index (κ3) is 3.07. The first-order valence-corrected chi connectivity index (χ1v) is 7.99. The molecule has 1 aliphatic heterocycles. The number of sulfone groups is 1. The van der Waals surface area contributed by atoms with Crippen LogP contribution < -0.4 is 5.32 Å². The molecule has 94 valence electrons. The van der Waals surface area contributed by atoms with Crippen LogP contribution in [0.15, 0.2) is 27.6 Å². The van der Waals surface area contributed by atoms with Crippen LogP contribution in [-0.2, 0) is 14.6 Å². The number of hydrogen-bond acceptors (Lipinski definition) is 4. The molecule has 4 nitrogen and oxygen atoms in total. The van der Waals surface area contributed by atoms with Crippen LogP contribution in [0.1, 0.15) is 11.7 Å². The monoisotopic (exact) mass is 319 g/mol. The average Bonchev–Trinajstić information content (AvgIpc) is 2.28. The maximum absolute atomic E-state index is 11.5. The Morgan fingerprint density at radius 1 is 1.47 bits per heavy atom. The molecule has 6 heteroatoms. The van der Waals surface area contributed by atoms with Gasteiger partial charge in [-0.05, 0) is 33.6 Å². The zero-order valence-electron chi connectivity index (χ0n) is 9.44. The van der Waals surface area contributed by atoms with Crippen molar-refractivity contribution in [2.24, 2.45) is 0 Å². The number of morpholine rings is 1. The number of ether oxygens (including phenoxy) is 1. The highest BCUT2D eigenvalue weighted by Gasteiger charge is 2.18. The Balaban J connectivity index is 2.30.